The van der Waals surface area contributed by atoms with E-state index in [2.05, 4.69) is 30.9 Å². The van der Waals surface area contributed by atoms with E-state index in [1.807, 2.05) is 79.7 Å². The molecule has 0 fully saturated rings. The van der Waals surface area contributed by atoms with Gasteiger partial charge in [0.2, 0.25) is 17.1 Å². The van der Waals surface area contributed by atoms with Gasteiger partial charge >= 0.3 is 0 Å². The van der Waals surface area contributed by atoms with Gasteiger partial charge in [-0.2, -0.15) is 15.0 Å². The van der Waals surface area contributed by atoms with Crippen LogP contribution < -0.4 is 30.2 Å². The average molecular weight is 535 g/mol. The van der Waals surface area contributed by atoms with E-state index in [0.717, 1.165) is 34.3 Å². The lowest BCUT2D eigenvalue weighted by molar-refractivity contribution is 0.340. The Balaban J connectivity index is 1.53. The number of thioether (sulfide) groups is 1. The minimum Gasteiger partial charge on any atom is -0.497 e. The summed E-state index contributed by atoms with van der Waals surface area (Å²) < 4.78 is 16.4. The Bertz CT molecular complexity index is 1250. The van der Waals surface area contributed by atoms with Crippen molar-refractivity contribution in [3.63, 3.8) is 0 Å². The van der Waals surface area contributed by atoms with Gasteiger partial charge in [0.15, 0.2) is 0 Å². The van der Waals surface area contributed by atoms with Crippen molar-refractivity contribution >= 4 is 57.3 Å². The van der Waals surface area contributed by atoms with Crippen LogP contribution in [0.3, 0.4) is 0 Å². The van der Waals surface area contributed by atoms with Crippen molar-refractivity contribution in [3.05, 3.63) is 72.8 Å². The number of benzene rings is 3. The molecular formula is C26H26N6O3S2. The lowest BCUT2D eigenvalue weighted by Crippen LogP contribution is -2.09. The fraction of sp³-hybridized carbons (Fsp3) is 0.154. The van der Waals surface area contributed by atoms with Crippen molar-refractivity contribution in [2.75, 3.05) is 36.8 Å². The molecule has 3 aromatic carbocycles. The molecule has 3 N–H and O–H groups in total. The molecule has 0 aliphatic carbocycles. The fourth-order valence-electron chi connectivity index (χ4n) is 3.15. The number of ether oxygens (including phenoxy) is 3. The number of hydrogen-bond acceptors (Lipinski definition) is 10. The molecule has 9 nitrogen and oxygen atoms in total. The van der Waals surface area contributed by atoms with Gasteiger partial charge in [0.1, 0.15) is 21.6 Å². The van der Waals surface area contributed by atoms with Crippen LogP contribution in [0.2, 0.25) is 0 Å². The van der Waals surface area contributed by atoms with E-state index in [9.17, 15) is 0 Å². The normalized spacial score (nSPS) is 10.4. The van der Waals surface area contributed by atoms with Gasteiger partial charge in [0.25, 0.3) is 0 Å². The zero-order chi connectivity index (χ0) is 26.0. The first-order valence-corrected chi connectivity index (χ1v) is 12.6. The van der Waals surface area contributed by atoms with Crippen molar-refractivity contribution in [2.45, 2.75) is 12.1 Å². The van der Waals surface area contributed by atoms with Crippen LogP contribution >= 0.6 is 24.0 Å². The summed E-state index contributed by atoms with van der Waals surface area (Å²) in [6.45, 7) is 2.56. The Labute approximate surface area is 225 Å². The third kappa shape index (κ3) is 7.69. The lowest BCUT2D eigenvalue weighted by Gasteiger charge is -2.12. The molecule has 0 aliphatic heterocycles. The maximum Gasteiger partial charge on any atom is 0.233 e. The summed E-state index contributed by atoms with van der Waals surface area (Å²) in [5, 5.41) is 10.0. The number of anilines is 5. The maximum absolute atomic E-state index is 5.55. The van der Waals surface area contributed by atoms with Gasteiger partial charge in [0.05, 0.1) is 20.8 Å². The summed E-state index contributed by atoms with van der Waals surface area (Å²) in [5.41, 5.74) is 2.44. The van der Waals surface area contributed by atoms with Gasteiger partial charge in [-0.15, -0.1) is 0 Å². The topological polar surface area (TPSA) is 102 Å². The highest BCUT2D eigenvalue weighted by atomic mass is 32.2. The van der Waals surface area contributed by atoms with Crippen LogP contribution in [-0.2, 0) is 0 Å². The van der Waals surface area contributed by atoms with Crippen LogP contribution in [0.15, 0.2) is 78.0 Å². The Morgan fingerprint density at radius 3 is 1.62 bits per heavy atom. The van der Waals surface area contributed by atoms with Gasteiger partial charge in [-0.05, 0) is 91.5 Å². The molecule has 0 saturated heterocycles. The van der Waals surface area contributed by atoms with E-state index in [0.29, 0.717) is 28.0 Å². The second-order valence-corrected chi connectivity index (χ2v) is 9.09. The first-order chi connectivity index (χ1) is 18.0. The van der Waals surface area contributed by atoms with Crippen molar-refractivity contribution < 1.29 is 14.2 Å². The maximum atomic E-state index is 5.55. The molecule has 4 rings (SSSR count). The van der Waals surface area contributed by atoms with E-state index < -0.39 is 0 Å². The molecule has 0 radical (unpaired) electrons. The Kier molecular flexibility index (Phi) is 8.95. The number of methoxy groups -OCH3 is 2. The molecule has 0 amide bonds. The van der Waals surface area contributed by atoms with Crippen LogP contribution in [0.5, 0.6) is 17.2 Å². The van der Waals surface area contributed by atoms with Gasteiger partial charge in [-0.1, -0.05) is 12.2 Å². The number of nitrogens with zero attached hydrogens (tertiary/aromatic N) is 3. The molecule has 11 heteroatoms. The Morgan fingerprint density at radius 1 is 0.703 bits per heavy atom. The first-order valence-electron chi connectivity index (χ1n) is 11.3. The van der Waals surface area contributed by atoms with Gasteiger partial charge in [-0.25, -0.2) is 0 Å². The third-order valence-corrected chi connectivity index (χ3v) is 5.91. The molecule has 0 saturated carbocycles. The van der Waals surface area contributed by atoms with Gasteiger partial charge < -0.3 is 30.2 Å². The summed E-state index contributed by atoms with van der Waals surface area (Å²) in [6.07, 6.45) is 0. The standard InChI is InChI=1S/C26H26N6O3S2/c1-4-35-22-15-9-19(10-16-22)29-26(36)37-25-31-23(27-17-5-11-20(33-2)12-6-17)30-24(32-25)28-18-7-13-21(34-3)14-8-18/h5-16H,4H2,1-3H3,(H,29,36)(H2,27,28,30,31,32). The van der Waals surface area contributed by atoms with Crippen molar-refractivity contribution in [1.82, 2.24) is 15.0 Å². The van der Waals surface area contributed by atoms with E-state index in [1.54, 1.807) is 14.2 Å². The fourth-order valence-corrected chi connectivity index (χ4v) is 4.09. The van der Waals surface area contributed by atoms with E-state index in [4.69, 9.17) is 26.4 Å². The predicted molar refractivity (Wildman–Crippen MR) is 152 cm³/mol. The summed E-state index contributed by atoms with van der Waals surface area (Å²) in [5.74, 6) is 3.03. The minimum atomic E-state index is 0.363. The molecule has 37 heavy (non-hydrogen) atoms. The van der Waals surface area contributed by atoms with E-state index in [-0.39, 0.29) is 0 Å². The molecule has 0 bridgehead atoms. The zero-order valence-corrected chi connectivity index (χ0v) is 22.2. The second-order valence-electron chi connectivity index (χ2n) is 7.44. The average Bonchev–Trinajstić information content (AvgIpc) is 2.91. The highest BCUT2D eigenvalue weighted by Gasteiger charge is 2.12. The third-order valence-electron chi connectivity index (χ3n) is 4.90. The van der Waals surface area contributed by atoms with Crippen LogP contribution in [0.1, 0.15) is 6.92 Å². The molecule has 0 atom stereocenters. The zero-order valence-electron chi connectivity index (χ0n) is 20.5. The van der Waals surface area contributed by atoms with Crippen LogP contribution in [-0.4, -0.2) is 40.1 Å². The first kappa shape index (κ1) is 26.0. The number of hydrogen-bond donors (Lipinski definition) is 3. The summed E-state index contributed by atoms with van der Waals surface area (Å²) >= 11 is 6.78. The number of rotatable bonds is 10. The molecule has 0 spiro atoms. The highest BCUT2D eigenvalue weighted by Crippen LogP contribution is 2.25. The number of nitrogens with one attached hydrogen (secondary N) is 3. The number of aromatic nitrogens is 3. The summed E-state index contributed by atoms with van der Waals surface area (Å²) in [4.78, 5) is 13.6. The van der Waals surface area contributed by atoms with Crippen LogP contribution in [0.25, 0.3) is 0 Å². The minimum absolute atomic E-state index is 0.363. The second kappa shape index (κ2) is 12.7. The van der Waals surface area contributed by atoms with Crippen molar-refractivity contribution in [1.29, 1.82) is 0 Å². The van der Waals surface area contributed by atoms with Crippen molar-refractivity contribution in [3.8, 4) is 17.2 Å². The summed E-state index contributed by atoms with van der Waals surface area (Å²) in [6, 6.07) is 22.5. The molecule has 0 unspecified atom stereocenters. The largest absolute Gasteiger partial charge is 0.497 e. The van der Waals surface area contributed by atoms with Crippen LogP contribution in [0, 0.1) is 0 Å². The Morgan fingerprint density at radius 2 is 1.16 bits per heavy atom. The molecule has 190 valence electrons. The number of thiocarbonyl (C=S) groups is 1. The lowest BCUT2D eigenvalue weighted by atomic mass is 10.3. The molecule has 4 aromatic rings. The monoisotopic (exact) mass is 534 g/mol. The Hall–Kier alpha value is -4.09. The van der Waals surface area contributed by atoms with E-state index >= 15 is 0 Å². The van der Waals surface area contributed by atoms with Crippen LogP contribution in [0.4, 0.5) is 29.0 Å². The molecule has 1 heterocycles. The smallest absolute Gasteiger partial charge is 0.233 e. The van der Waals surface area contributed by atoms with Gasteiger partial charge in [0, 0.05) is 17.1 Å². The highest BCUT2D eigenvalue weighted by molar-refractivity contribution is 8.23. The molecule has 1 aromatic heterocycles. The SMILES string of the molecule is CCOc1ccc(NC(=S)Sc2nc(Nc3ccc(OC)cc3)nc(Nc3ccc(OC)cc3)n2)cc1. The predicted octanol–water partition coefficient (Wildman–Crippen LogP) is 6.26. The molecule has 0 aliphatic rings. The summed E-state index contributed by atoms with van der Waals surface area (Å²) in [7, 11) is 3.25. The molecular weight excluding hydrogens is 508 g/mol. The van der Waals surface area contributed by atoms with Crippen molar-refractivity contribution in [2.24, 2.45) is 0 Å². The van der Waals surface area contributed by atoms with Gasteiger partial charge in [-0.3, -0.25) is 0 Å². The van der Waals surface area contributed by atoms with E-state index in [1.165, 1.54) is 11.8 Å². The quantitative estimate of drug-likeness (QED) is 0.159.